The van der Waals surface area contributed by atoms with Crippen LogP contribution in [0.25, 0.3) is 0 Å². The first-order chi connectivity index (χ1) is 9.10. The van der Waals surface area contributed by atoms with Gasteiger partial charge in [-0.3, -0.25) is 14.5 Å². The summed E-state index contributed by atoms with van der Waals surface area (Å²) >= 11 is 0. The second-order valence-corrected chi connectivity index (χ2v) is 4.93. The fourth-order valence-electron chi connectivity index (χ4n) is 2.39. The predicted molar refractivity (Wildman–Crippen MR) is 71.6 cm³/mol. The van der Waals surface area contributed by atoms with E-state index in [1.54, 1.807) is 6.92 Å². The molecule has 1 aromatic carbocycles. The Morgan fingerprint density at radius 3 is 2.95 bits per heavy atom. The van der Waals surface area contributed by atoms with Crippen molar-refractivity contribution in [3.63, 3.8) is 0 Å². The van der Waals surface area contributed by atoms with Crippen molar-refractivity contribution < 1.29 is 14.3 Å². The summed E-state index contributed by atoms with van der Waals surface area (Å²) in [6.45, 7) is 5.61. The van der Waals surface area contributed by atoms with E-state index < -0.39 is 5.92 Å². The van der Waals surface area contributed by atoms with Gasteiger partial charge in [-0.1, -0.05) is 29.8 Å². The Morgan fingerprint density at radius 2 is 2.26 bits per heavy atom. The van der Waals surface area contributed by atoms with Gasteiger partial charge in [0.15, 0.2) is 5.78 Å². The number of carbonyl (C=O) groups is 2. The molecule has 0 aliphatic carbocycles. The van der Waals surface area contributed by atoms with Crippen LogP contribution in [-0.2, 0) is 20.9 Å². The van der Waals surface area contributed by atoms with Crippen LogP contribution in [0.15, 0.2) is 24.3 Å². The Kier molecular flexibility index (Phi) is 4.32. The summed E-state index contributed by atoms with van der Waals surface area (Å²) in [5.74, 6) is -1.03. The highest BCUT2D eigenvalue weighted by molar-refractivity contribution is 6.01. The van der Waals surface area contributed by atoms with Gasteiger partial charge in [-0.05, 0) is 19.4 Å². The molecule has 19 heavy (non-hydrogen) atoms. The standard InChI is InChI=1S/C15H19NO3/c1-3-19-15(18)13-9-16(10-14(13)17)8-12-6-4-5-11(2)7-12/h4-7,13H,3,8-10H2,1-2H3. The minimum atomic E-state index is -0.607. The number of benzene rings is 1. The van der Waals surface area contributed by atoms with Gasteiger partial charge in [0, 0.05) is 13.1 Å². The van der Waals surface area contributed by atoms with Crippen molar-refractivity contribution in [3.05, 3.63) is 35.4 Å². The summed E-state index contributed by atoms with van der Waals surface area (Å²) in [5.41, 5.74) is 2.36. The molecule has 0 radical (unpaired) electrons. The van der Waals surface area contributed by atoms with Crippen LogP contribution < -0.4 is 0 Å². The lowest BCUT2D eigenvalue weighted by Crippen LogP contribution is -2.25. The van der Waals surface area contributed by atoms with Crippen molar-refractivity contribution in [1.82, 2.24) is 4.90 Å². The average Bonchev–Trinajstić information content (AvgIpc) is 2.70. The molecule has 0 saturated carbocycles. The van der Waals surface area contributed by atoms with Crippen LogP contribution in [0.5, 0.6) is 0 Å². The Labute approximate surface area is 113 Å². The van der Waals surface area contributed by atoms with Gasteiger partial charge in [-0.25, -0.2) is 0 Å². The number of carbonyl (C=O) groups excluding carboxylic acids is 2. The number of ether oxygens (including phenoxy) is 1. The van der Waals surface area contributed by atoms with Gasteiger partial charge >= 0.3 is 5.97 Å². The topological polar surface area (TPSA) is 46.6 Å². The van der Waals surface area contributed by atoms with Crippen molar-refractivity contribution in [2.45, 2.75) is 20.4 Å². The molecule has 1 fully saturated rings. The molecule has 1 heterocycles. The quantitative estimate of drug-likeness (QED) is 0.609. The van der Waals surface area contributed by atoms with Crippen LogP contribution >= 0.6 is 0 Å². The number of nitrogens with zero attached hydrogens (tertiary/aromatic N) is 1. The highest BCUT2D eigenvalue weighted by Gasteiger charge is 2.36. The van der Waals surface area contributed by atoms with E-state index in [0.717, 1.165) is 5.56 Å². The van der Waals surface area contributed by atoms with Gasteiger partial charge in [-0.15, -0.1) is 0 Å². The first-order valence-electron chi connectivity index (χ1n) is 6.57. The summed E-state index contributed by atoms with van der Waals surface area (Å²) in [5, 5.41) is 0. The number of hydrogen-bond donors (Lipinski definition) is 0. The van der Waals surface area contributed by atoms with Crippen LogP contribution in [0.1, 0.15) is 18.1 Å². The maximum Gasteiger partial charge on any atom is 0.317 e. The third-order valence-corrected chi connectivity index (χ3v) is 3.27. The third-order valence-electron chi connectivity index (χ3n) is 3.27. The van der Waals surface area contributed by atoms with Crippen molar-refractivity contribution in [3.8, 4) is 0 Å². The van der Waals surface area contributed by atoms with Crippen LogP contribution in [-0.4, -0.2) is 36.3 Å². The Bertz CT molecular complexity index is 484. The molecule has 0 amide bonds. The van der Waals surface area contributed by atoms with Crippen LogP contribution in [0.3, 0.4) is 0 Å². The molecule has 1 aromatic rings. The molecule has 4 nitrogen and oxygen atoms in total. The zero-order valence-corrected chi connectivity index (χ0v) is 11.4. The van der Waals surface area contributed by atoms with Crippen LogP contribution in [0.2, 0.25) is 0 Å². The highest BCUT2D eigenvalue weighted by atomic mass is 16.5. The monoisotopic (exact) mass is 261 g/mol. The van der Waals surface area contributed by atoms with Crippen LogP contribution in [0, 0.1) is 12.8 Å². The molecule has 2 rings (SSSR count). The molecule has 0 spiro atoms. The number of aryl methyl sites for hydroxylation is 1. The first kappa shape index (κ1) is 13.7. The molecule has 102 valence electrons. The molecule has 1 atom stereocenters. The van der Waals surface area contributed by atoms with Gasteiger partial charge < -0.3 is 4.74 Å². The van der Waals surface area contributed by atoms with Crippen molar-refractivity contribution in [2.75, 3.05) is 19.7 Å². The summed E-state index contributed by atoms with van der Waals surface area (Å²) in [4.78, 5) is 25.5. The third kappa shape index (κ3) is 3.41. The number of Topliss-reactive ketones (excluding diaryl/α,β-unsaturated/α-hetero) is 1. The van der Waals surface area contributed by atoms with E-state index in [1.807, 2.05) is 30.0 Å². The normalized spacial score (nSPS) is 19.7. The van der Waals surface area contributed by atoms with E-state index in [2.05, 4.69) is 6.07 Å². The molecule has 0 N–H and O–H groups in total. The van der Waals surface area contributed by atoms with E-state index in [4.69, 9.17) is 4.74 Å². The second kappa shape index (κ2) is 5.97. The Balaban J connectivity index is 1.97. The Hall–Kier alpha value is -1.68. The lowest BCUT2D eigenvalue weighted by Gasteiger charge is -2.14. The molecule has 1 aliphatic heterocycles. The van der Waals surface area contributed by atoms with Crippen molar-refractivity contribution in [1.29, 1.82) is 0 Å². The SMILES string of the molecule is CCOC(=O)C1CN(Cc2cccc(C)c2)CC1=O. The zero-order chi connectivity index (χ0) is 13.8. The van der Waals surface area contributed by atoms with Gasteiger partial charge in [0.1, 0.15) is 5.92 Å². The smallest absolute Gasteiger partial charge is 0.317 e. The number of rotatable bonds is 4. The van der Waals surface area contributed by atoms with Crippen molar-refractivity contribution in [2.24, 2.45) is 5.92 Å². The molecule has 1 saturated heterocycles. The first-order valence-corrected chi connectivity index (χ1v) is 6.57. The largest absolute Gasteiger partial charge is 0.465 e. The number of likely N-dealkylation sites (tertiary alicyclic amines) is 1. The van der Waals surface area contributed by atoms with E-state index in [9.17, 15) is 9.59 Å². The summed E-state index contributed by atoms with van der Waals surface area (Å²) in [6, 6.07) is 8.18. The molecule has 4 heteroatoms. The van der Waals surface area contributed by atoms with Crippen LogP contribution in [0.4, 0.5) is 0 Å². The zero-order valence-electron chi connectivity index (χ0n) is 11.4. The van der Waals surface area contributed by atoms with Gasteiger partial charge in [0.2, 0.25) is 0 Å². The fourth-order valence-corrected chi connectivity index (χ4v) is 2.39. The van der Waals surface area contributed by atoms with Gasteiger partial charge in [0.25, 0.3) is 0 Å². The number of esters is 1. The van der Waals surface area contributed by atoms with E-state index in [0.29, 0.717) is 26.2 Å². The summed E-state index contributed by atoms with van der Waals surface area (Å²) in [7, 11) is 0. The van der Waals surface area contributed by atoms with E-state index in [-0.39, 0.29) is 11.8 Å². The fraction of sp³-hybridized carbons (Fsp3) is 0.467. The number of hydrogen-bond acceptors (Lipinski definition) is 4. The highest BCUT2D eigenvalue weighted by Crippen LogP contribution is 2.17. The minimum absolute atomic E-state index is 0.0360. The lowest BCUT2D eigenvalue weighted by molar-refractivity contribution is -0.149. The molecule has 0 bridgehead atoms. The summed E-state index contributed by atoms with van der Waals surface area (Å²) < 4.78 is 4.93. The lowest BCUT2D eigenvalue weighted by atomic mass is 10.1. The Morgan fingerprint density at radius 1 is 1.47 bits per heavy atom. The van der Waals surface area contributed by atoms with Gasteiger partial charge in [-0.2, -0.15) is 0 Å². The molecular formula is C15H19NO3. The molecular weight excluding hydrogens is 242 g/mol. The van der Waals surface area contributed by atoms with Gasteiger partial charge in [0.05, 0.1) is 13.2 Å². The maximum atomic E-state index is 11.8. The molecule has 1 unspecified atom stereocenters. The van der Waals surface area contributed by atoms with E-state index in [1.165, 1.54) is 5.56 Å². The minimum Gasteiger partial charge on any atom is -0.465 e. The average molecular weight is 261 g/mol. The van der Waals surface area contributed by atoms with E-state index >= 15 is 0 Å². The number of ketones is 1. The van der Waals surface area contributed by atoms with Crippen molar-refractivity contribution >= 4 is 11.8 Å². The summed E-state index contributed by atoms with van der Waals surface area (Å²) in [6.07, 6.45) is 0. The predicted octanol–water partition coefficient (Wildman–Crippen LogP) is 1.56. The molecule has 0 aromatic heterocycles. The maximum absolute atomic E-state index is 11.8. The second-order valence-electron chi connectivity index (χ2n) is 4.93. The molecule has 1 aliphatic rings.